The first kappa shape index (κ1) is 11.3. The van der Waals surface area contributed by atoms with Crippen molar-refractivity contribution in [2.75, 3.05) is 0 Å². The van der Waals surface area contributed by atoms with Crippen LogP contribution in [0.25, 0.3) is 11.1 Å². The lowest BCUT2D eigenvalue weighted by atomic mass is 10.1. The summed E-state index contributed by atoms with van der Waals surface area (Å²) in [4.78, 5) is 0. The van der Waals surface area contributed by atoms with Crippen LogP contribution in [0.4, 0.5) is 8.78 Å². The van der Waals surface area contributed by atoms with E-state index in [1.54, 1.807) is 10.9 Å². The van der Waals surface area contributed by atoms with Gasteiger partial charge in [0.25, 0.3) is 0 Å². The quantitative estimate of drug-likeness (QED) is 0.728. The fourth-order valence-corrected chi connectivity index (χ4v) is 1.56. The van der Waals surface area contributed by atoms with Gasteiger partial charge in [0, 0.05) is 23.9 Å². The van der Waals surface area contributed by atoms with Crippen LogP contribution in [-0.2, 0) is 6.54 Å². The Morgan fingerprint density at radius 2 is 2.12 bits per heavy atom. The third-order valence-electron chi connectivity index (χ3n) is 2.51. The van der Waals surface area contributed by atoms with Gasteiger partial charge in [-0.3, -0.25) is 4.68 Å². The van der Waals surface area contributed by atoms with Crippen LogP contribution < -0.4 is 0 Å². The predicted octanol–water partition coefficient (Wildman–Crippen LogP) is 2.83. The lowest BCUT2D eigenvalue weighted by molar-refractivity contribution is 0.509. The first-order valence-electron chi connectivity index (χ1n) is 5.14. The Hall–Kier alpha value is -2.15. The Morgan fingerprint density at radius 3 is 2.71 bits per heavy atom. The van der Waals surface area contributed by atoms with Crippen molar-refractivity contribution in [1.82, 2.24) is 9.78 Å². The van der Waals surface area contributed by atoms with E-state index in [1.165, 1.54) is 18.3 Å². The van der Waals surface area contributed by atoms with E-state index in [4.69, 9.17) is 6.42 Å². The maximum atomic E-state index is 13.7. The van der Waals surface area contributed by atoms with Gasteiger partial charge in [0.2, 0.25) is 0 Å². The van der Waals surface area contributed by atoms with Crippen molar-refractivity contribution in [1.29, 1.82) is 0 Å². The van der Waals surface area contributed by atoms with E-state index in [0.717, 1.165) is 0 Å². The average Bonchev–Trinajstić information content (AvgIpc) is 2.81. The molecule has 86 valence electrons. The van der Waals surface area contributed by atoms with Gasteiger partial charge in [-0.2, -0.15) is 5.10 Å². The van der Waals surface area contributed by atoms with Crippen LogP contribution >= 0.6 is 0 Å². The summed E-state index contributed by atoms with van der Waals surface area (Å²) in [5, 5.41) is 4.01. The third-order valence-corrected chi connectivity index (χ3v) is 2.51. The highest BCUT2D eigenvalue weighted by atomic mass is 19.2. The fourth-order valence-electron chi connectivity index (χ4n) is 1.56. The zero-order valence-corrected chi connectivity index (χ0v) is 9.24. The minimum atomic E-state index is -0.991. The molecule has 1 aromatic carbocycles. The molecule has 0 aliphatic rings. The zero-order valence-electron chi connectivity index (χ0n) is 9.24. The molecule has 0 aliphatic heterocycles. The van der Waals surface area contributed by atoms with Gasteiger partial charge in [-0.05, 0) is 19.1 Å². The van der Waals surface area contributed by atoms with E-state index in [2.05, 4.69) is 11.0 Å². The number of hydrogen-bond acceptors (Lipinski definition) is 1. The van der Waals surface area contributed by atoms with Gasteiger partial charge >= 0.3 is 0 Å². The molecular formula is C13H10F2N2. The summed E-state index contributed by atoms with van der Waals surface area (Å²) in [6.07, 6.45) is 8.22. The summed E-state index contributed by atoms with van der Waals surface area (Å²) >= 11 is 0. The van der Waals surface area contributed by atoms with Crippen LogP contribution in [0.15, 0.2) is 24.5 Å². The van der Waals surface area contributed by atoms with E-state index in [0.29, 0.717) is 12.1 Å². The summed E-state index contributed by atoms with van der Waals surface area (Å²) in [5.74, 6) is 0.170. The molecule has 1 heterocycles. The van der Waals surface area contributed by atoms with Crippen molar-refractivity contribution in [3.05, 3.63) is 41.7 Å². The van der Waals surface area contributed by atoms with Crippen LogP contribution in [0.3, 0.4) is 0 Å². The SMILES string of the molecule is C#Cc1ccc(-c2cnn(CC)c2)c(F)c1F. The minimum Gasteiger partial charge on any atom is -0.272 e. The molecule has 17 heavy (non-hydrogen) atoms. The number of terminal acetylenes is 1. The maximum absolute atomic E-state index is 13.7. The molecule has 0 unspecified atom stereocenters. The molecule has 4 heteroatoms. The first-order valence-corrected chi connectivity index (χ1v) is 5.14. The number of aryl methyl sites for hydroxylation is 1. The molecule has 2 rings (SSSR count). The standard InChI is InChI=1S/C13H10F2N2/c1-3-9-5-6-11(13(15)12(9)14)10-7-16-17(4-2)8-10/h1,5-8H,4H2,2H3. The van der Waals surface area contributed by atoms with Crippen LogP contribution in [-0.4, -0.2) is 9.78 Å². The maximum Gasteiger partial charge on any atom is 0.175 e. The number of nitrogens with zero attached hydrogens (tertiary/aromatic N) is 2. The van der Waals surface area contributed by atoms with E-state index in [1.807, 2.05) is 6.92 Å². The smallest absolute Gasteiger partial charge is 0.175 e. The summed E-state index contributed by atoms with van der Waals surface area (Å²) in [7, 11) is 0. The second-order valence-electron chi connectivity index (χ2n) is 3.52. The van der Waals surface area contributed by atoms with Gasteiger partial charge < -0.3 is 0 Å². The van der Waals surface area contributed by atoms with Gasteiger partial charge in [-0.1, -0.05) is 5.92 Å². The Morgan fingerprint density at radius 1 is 1.35 bits per heavy atom. The molecule has 0 N–H and O–H groups in total. The number of halogens is 2. The van der Waals surface area contributed by atoms with Gasteiger partial charge in [-0.25, -0.2) is 8.78 Å². The molecule has 0 radical (unpaired) electrons. The summed E-state index contributed by atoms with van der Waals surface area (Å²) < 4.78 is 28.9. The van der Waals surface area contributed by atoms with E-state index < -0.39 is 11.6 Å². The number of hydrogen-bond donors (Lipinski definition) is 0. The Balaban J connectivity index is 2.54. The lowest BCUT2D eigenvalue weighted by Crippen LogP contribution is -1.94. The summed E-state index contributed by atoms with van der Waals surface area (Å²) in [5.41, 5.74) is 0.627. The number of aromatic nitrogens is 2. The molecule has 2 aromatic rings. The van der Waals surface area contributed by atoms with Crippen LogP contribution in [0, 0.1) is 24.0 Å². The topological polar surface area (TPSA) is 17.8 Å². The van der Waals surface area contributed by atoms with Crippen molar-refractivity contribution >= 4 is 0 Å². The molecule has 0 fully saturated rings. The van der Waals surface area contributed by atoms with Crippen molar-refractivity contribution in [3.63, 3.8) is 0 Å². The second-order valence-corrected chi connectivity index (χ2v) is 3.52. The molecule has 0 aliphatic carbocycles. The van der Waals surface area contributed by atoms with Crippen molar-refractivity contribution in [2.24, 2.45) is 0 Å². The molecule has 2 nitrogen and oxygen atoms in total. The molecular weight excluding hydrogens is 222 g/mol. The van der Waals surface area contributed by atoms with Crippen LogP contribution in [0.1, 0.15) is 12.5 Å². The first-order chi connectivity index (χ1) is 8.17. The molecule has 0 spiro atoms. The summed E-state index contributed by atoms with van der Waals surface area (Å²) in [6.45, 7) is 2.59. The highest BCUT2D eigenvalue weighted by molar-refractivity contribution is 5.64. The number of rotatable bonds is 2. The van der Waals surface area contributed by atoms with Crippen molar-refractivity contribution < 1.29 is 8.78 Å². The van der Waals surface area contributed by atoms with Crippen LogP contribution in [0.5, 0.6) is 0 Å². The Labute approximate surface area is 97.9 Å². The van der Waals surface area contributed by atoms with Gasteiger partial charge in [-0.15, -0.1) is 6.42 Å². The van der Waals surface area contributed by atoms with Gasteiger partial charge in [0.15, 0.2) is 11.6 Å². The molecule has 0 amide bonds. The highest BCUT2D eigenvalue weighted by Gasteiger charge is 2.14. The largest absolute Gasteiger partial charge is 0.272 e. The van der Waals surface area contributed by atoms with E-state index in [9.17, 15) is 8.78 Å². The highest BCUT2D eigenvalue weighted by Crippen LogP contribution is 2.25. The van der Waals surface area contributed by atoms with E-state index in [-0.39, 0.29) is 11.1 Å². The average molecular weight is 232 g/mol. The number of benzene rings is 1. The minimum absolute atomic E-state index is 0.0749. The molecule has 0 bridgehead atoms. The lowest BCUT2D eigenvalue weighted by Gasteiger charge is -2.02. The zero-order chi connectivity index (χ0) is 12.4. The normalized spacial score (nSPS) is 10.2. The third kappa shape index (κ3) is 1.92. The van der Waals surface area contributed by atoms with E-state index >= 15 is 0 Å². The molecule has 0 atom stereocenters. The van der Waals surface area contributed by atoms with Crippen molar-refractivity contribution in [3.8, 4) is 23.5 Å². The predicted molar refractivity (Wildman–Crippen MR) is 61.2 cm³/mol. The monoisotopic (exact) mass is 232 g/mol. The van der Waals surface area contributed by atoms with Crippen molar-refractivity contribution in [2.45, 2.75) is 13.5 Å². The molecule has 1 aromatic heterocycles. The second kappa shape index (κ2) is 4.38. The Bertz CT molecular complexity index is 594. The fraction of sp³-hybridized carbons (Fsp3) is 0.154. The molecule has 0 saturated carbocycles. The van der Waals surface area contributed by atoms with Gasteiger partial charge in [0.05, 0.1) is 11.8 Å². The Kier molecular flexibility index (Phi) is 2.92. The van der Waals surface area contributed by atoms with Crippen LogP contribution in [0.2, 0.25) is 0 Å². The molecule has 0 saturated heterocycles. The van der Waals surface area contributed by atoms with Gasteiger partial charge in [0.1, 0.15) is 0 Å². The summed E-state index contributed by atoms with van der Waals surface area (Å²) in [6, 6.07) is 2.85.